The van der Waals surface area contributed by atoms with Gasteiger partial charge in [-0.2, -0.15) is 5.10 Å². The van der Waals surface area contributed by atoms with Gasteiger partial charge in [-0.05, 0) is 30.3 Å². The zero-order valence-electron chi connectivity index (χ0n) is 16.9. The van der Waals surface area contributed by atoms with Crippen LogP contribution in [0.4, 0.5) is 14.5 Å². The minimum absolute atomic E-state index is 0.0110. The van der Waals surface area contributed by atoms with Crippen molar-refractivity contribution in [3.8, 4) is 0 Å². The number of anilines is 1. The Morgan fingerprint density at radius 2 is 1.77 bits per heavy atom. The normalized spacial score (nSPS) is 16.8. The van der Waals surface area contributed by atoms with Crippen LogP contribution < -0.4 is 4.90 Å². The number of hydrogen-bond acceptors (Lipinski definition) is 6. The van der Waals surface area contributed by atoms with Crippen molar-refractivity contribution >= 4 is 12.0 Å². The molecule has 0 saturated carbocycles. The van der Waals surface area contributed by atoms with Gasteiger partial charge in [-0.25, -0.2) is 18.4 Å². The van der Waals surface area contributed by atoms with Crippen molar-refractivity contribution in [3.05, 3.63) is 77.9 Å². The summed E-state index contributed by atoms with van der Waals surface area (Å²) in [6.45, 7) is 2.88. The van der Waals surface area contributed by atoms with Gasteiger partial charge in [0.1, 0.15) is 36.2 Å². The van der Waals surface area contributed by atoms with E-state index in [4.69, 9.17) is 0 Å². The van der Waals surface area contributed by atoms with Gasteiger partial charge in [-0.1, -0.05) is 6.07 Å². The molecule has 3 aromatic rings. The van der Waals surface area contributed by atoms with Gasteiger partial charge in [0.2, 0.25) is 0 Å². The summed E-state index contributed by atoms with van der Waals surface area (Å²) in [5.74, 6) is -1.49. The predicted octanol–water partition coefficient (Wildman–Crippen LogP) is 2.08. The molecule has 1 fully saturated rings. The van der Waals surface area contributed by atoms with Crippen LogP contribution in [0.2, 0.25) is 0 Å². The zero-order chi connectivity index (χ0) is 21.8. The maximum absolute atomic E-state index is 14.6. The molecular formula is C22H23F2N5O2. The van der Waals surface area contributed by atoms with Gasteiger partial charge in [0, 0.05) is 55.6 Å². The molecule has 162 valence electrons. The van der Waals surface area contributed by atoms with Gasteiger partial charge in [0.05, 0.1) is 6.54 Å². The molecule has 1 saturated heterocycles. The number of carbonyl (C=O) groups excluding carboxylic acids is 1. The fraction of sp³-hybridized carbons (Fsp3) is 0.318. The minimum atomic E-state index is -1.61. The molecule has 2 aromatic carbocycles. The quantitative estimate of drug-likeness (QED) is 0.582. The third kappa shape index (κ3) is 4.78. The molecule has 31 heavy (non-hydrogen) atoms. The summed E-state index contributed by atoms with van der Waals surface area (Å²) < 4.78 is 29.5. The van der Waals surface area contributed by atoms with Crippen molar-refractivity contribution in [3.63, 3.8) is 0 Å². The second-order valence-corrected chi connectivity index (χ2v) is 7.72. The van der Waals surface area contributed by atoms with E-state index in [0.29, 0.717) is 31.7 Å². The van der Waals surface area contributed by atoms with Gasteiger partial charge >= 0.3 is 0 Å². The summed E-state index contributed by atoms with van der Waals surface area (Å²) in [6.07, 6.45) is 3.61. The molecular weight excluding hydrogens is 404 g/mol. The maximum Gasteiger partial charge on any atom is 0.150 e. The molecule has 1 unspecified atom stereocenters. The molecule has 0 amide bonds. The van der Waals surface area contributed by atoms with Crippen molar-refractivity contribution in [2.45, 2.75) is 12.1 Å². The van der Waals surface area contributed by atoms with Gasteiger partial charge in [-0.3, -0.25) is 9.69 Å². The molecule has 1 N–H and O–H groups in total. The first kappa shape index (κ1) is 21.1. The predicted molar refractivity (Wildman–Crippen MR) is 111 cm³/mol. The number of hydrogen-bond donors (Lipinski definition) is 1. The Morgan fingerprint density at radius 3 is 2.39 bits per heavy atom. The summed E-state index contributed by atoms with van der Waals surface area (Å²) >= 11 is 0. The average molecular weight is 427 g/mol. The van der Waals surface area contributed by atoms with E-state index >= 15 is 0 Å². The van der Waals surface area contributed by atoms with Crippen molar-refractivity contribution in [2.75, 3.05) is 37.6 Å². The number of halogens is 2. The first-order valence-electron chi connectivity index (χ1n) is 10.00. The van der Waals surface area contributed by atoms with E-state index < -0.39 is 17.2 Å². The smallest absolute Gasteiger partial charge is 0.150 e. The van der Waals surface area contributed by atoms with Gasteiger partial charge in [0.25, 0.3) is 0 Å². The monoisotopic (exact) mass is 427 g/mol. The number of rotatable bonds is 7. The number of nitrogens with zero attached hydrogens (tertiary/aromatic N) is 5. The second-order valence-electron chi connectivity index (χ2n) is 7.72. The Balaban J connectivity index is 1.49. The van der Waals surface area contributed by atoms with Crippen LogP contribution >= 0.6 is 0 Å². The largest absolute Gasteiger partial charge is 0.382 e. The molecule has 0 radical (unpaired) electrons. The number of aliphatic hydroxyl groups is 1. The van der Waals surface area contributed by atoms with Crippen LogP contribution in [-0.4, -0.2) is 63.8 Å². The summed E-state index contributed by atoms with van der Waals surface area (Å²) in [6, 6.07) is 10.6. The van der Waals surface area contributed by atoms with Crippen LogP contribution in [0.5, 0.6) is 0 Å². The second kappa shape index (κ2) is 8.91. The van der Waals surface area contributed by atoms with E-state index in [-0.39, 0.29) is 18.7 Å². The lowest BCUT2D eigenvalue weighted by Crippen LogP contribution is -2.52. The molecule has 1 aliphatic rings. The van der Waals surface area contributed by atoms with Crippen molar-refractivity contribution in [1.82, 2.24) is 19.7 Å². The van der Waals surface area contributed by atoms with E-state index in [1.807, 2.05) is 12.1 Å². The molecule has 0 spiro atoms. The number of piperazine rings is 1. The minimum Gasteiger partial charge on any atom is -0.382 e. The van der Waals surface area contributed by atoms with E-state index in [0.717, 1.165) is 24.1 Å². The van der Waals surface area contributed by atoms with E-state index in [2.05, 4.69) is 19.9 Å². The molecule has 9 heteroatoms. The summed E-state index contributed by atoms with van der Waals surface area (Å²) in [5.41, 5.74) is 0.0603. The van der Waals surface area contributed by atoms with Crippen LogP contribution in [0, 0.1) is 11.6 Å². The fourth-order valence-corrected chi connectivity index (χ4v) is 3.97. The number of aromatic nitrogens is 3. The molecule has 0 bridgehead atoms. The summed E-state index contributed by atoms with van der Waals surface area (Å²) in [4.78, 5) is 19.0. The summed E-state index contributed by atoms with van der Waals surface area (Å²) in [7, 11) is 0. The summed E-state index contributed by atoms with van der Waals surface area (Å²) in [5, 5.41) is 15.5. The highest BCUT2D eigenvalue weighted by Crippen LogP contribution is 2.28. The SMILES string of the molecule is O=Cc1ccc(N2CCN(CC(O)(Cn3cncn3)c3ccc(F)cc3F)CC2)cc1. The van der Waals surface area contributed by atoms with Gasteiger partial charge < -0.3 is 10.0 Å². The first-order valence-corrected chi connectivity index (χ1v) is 10.00. The average Bonchev–Trinajstić information content (AvgIpc) is 3.27. The Labute approximate surface area is 178 Å². The maximum atomic E-state index is 14.6. The lowest BCUT2D eigenvalue weighted by molar-refractivity contribution is -0.0227. The van der Waals surface area contributed by atoms with Crippen molar-refractivity contribution in [1.29, 1.82) is 0 Å². The van der Waals surface area contributed by atoms with Crippen LogP contribution in [0.3, 0.4) is 0 Å². The first-order chi connectivity index (χ1) is 15.0. The number of carbonyl (C=O) groups is 1. The zero-order valence-corrected chi connectivity index (χ0v) is 16.9. The van der Waals surface area contributed by atoms with E-state index in [1.165, 1.54) is 23.4 Å². The van der Waals surface area contributed by atoms with Crippen molar-refractivity contribution in [2.24, 2.45) is 0 Å². The van der Waals surface area contributed by atoms with Crippen LogP contribution in [0.25, 0.3) is 0 Å². The highest BCUT2D eigenvalue weighted by atomic mass is 19.1. The third-order valence-corrected chi connectivity index (χ3v) is 5.57. The highest BCUT2D eigenvalue weighted by molar-refractivity contribution is 5.75. The van der Waals surface area contributed by atoms with Crippen LogP contribution in [0.15, 0.2) is 55.1 Å². The number of β-amino-alcohol motifs (C(OH)–C–C–N with tert-alkyl or cyclic N) is 1. The molecule has 4 rings (SSSR count). The highest BCUT2D eigenvalue weighted by Gasteiger charge is 2.36. The molecule has 2 heterocycles. The van der Waals surface area contributed by atoms with Gasteiger partial charge in [0.15, 0.2) is 0 Å². The molecule has 1 atom stereocenters. The topological polar surface area (TPSA) is 74.5 Å². The van der Waals surface area contributed by atoms with Crippen LogP contribution in [-0.2, 0) is 12.1 Å². The molecule has 7 nitrogen and oxygen atoms in total. The number of aldehydes is 1. The molecule has 1 aromatic heterocycles. The van der Waals surface area contributed by atoms with E-state index in [1.54, 1.807) is 12.1 Å². The van der Waals surface area contributed by atoms with Crippen molar-refractivity contribution < 1.29 is 18.7 Å². The Morgan fingerprint density at radius 1 is 1.03 bits per heavy atom. The van der Waals surface area contributed by atoms with E-state index in [9.17, 15) is 18.7 Å². The Hall–Kier alpha value is -3.17. The standard InChI is InChI=1S/C22H23F2N5O2/c23-18-3-6-20(21(24)11-18)22(31,14-29-16-25-15-26-29)13-27-7-9-28(10-8-27)19-4-1-17(12-30)2-5-19/h1-6,11-12,15-16,31H,7-10,13-14H2. The molecule has 1 aliphatic heterocycles. The lowest BCUT2D eigenvalue weighted by Gasteiger charge is -2.40. The third-order valence-electron chi connectivity index (χ3n) is 5.57. The van der Waals surface area contributed by atoms with Gasteiger partial charge in [-0.15, -0.1) is 0 Å². The fourth-order valence-electron chi connectivity index (χ4n) is 3.97. The lowest BCUT2D eigenvalue weighted by atomic mass is 9.92. The number of benzene rings is 2. The molecule has 0 aliphatic carbocycles. The van der Waals surface area contributed by atoms with Crippen LogP contribution in [0.1, 0.15) is 15.9 Å². The Bertz CT molecular complexity index is 1020. The Kier molecular flexibility index (Phi) is 6.06.